The van der Waals surface area contributed by atoms with E-state index in [2.05, 4.69) is 22.1 Å². The minimum atomic E-state index is -0.275. The normalized spacial score (nSPS) is 15.6. The van der Waals surface area contributed by atoms with Crippen LogP contribution in [0.5, 0.6) is 5.75 Å². The van der Waals surface area contributed by atoms with E-state index < -0.39 is 0 Å². The molecule has 0 radical (unpaired) electrons. The summed E-state index contributed by atoms with van der Waals surface area (Å²) in [5.74, 6) is -0.565. The maximum Gasteiger partial charge on any atom is 0.243 e. The first-order chi connectivity index (χ1) is 15.5. The summed E-state index contributed by atoms with van der Waals surface area (Å²) in [7, 11) is 0. The Morgan fingerprint density at radius 3 is 2.72 bits per heavy atom. The Kier molecular flexibility index (Phi) is 7.65. The molecule has 0 saturated carbocycles. The fourth-order valence-electron chi connectivity index (χ4n) is 3.23. The fraction of sp³-hybridized carbons (Fsp3) is 0.154. The minimum absolute atomic E-state index is 0.0970. The van der Waals surface area contributed by atoms with Gasteiger partial charge in [0.2, 0.25) is 5.91 Å². The number of nitrogens with one attached hydrogen (secondary N) is 1. The van der Waals surface area contributed by atoms with Gasteiger partial charge in [0.05, 0.1) is 11.3 Å². The second-order valence-corrected chi connectivity index (χ2v) is 7.27. The molecule has 0 saturated heterocycles. The maximum atomic E-state index is 12.7. The fourth-order valence-corrected chi connectivity index (χ4v) is 3.23. The zero-order valence-corrected chi connectivity index (χ0v) is 17.9. The van der Waals surface area contributed by atoms with Gasteiger partial charge in [-0.25, -0.2) is 0 Å². The van der Waals surface area contributed by atoms with E-state index in [-0.39, 0.29) is 29.0 Å². The summed E-state index contributed by atoms with van der Waals surface area (Å²) in [5.41, 5.74) is 3.30. The molecule has 162 valence electrons. The molecular formula is C26H25N3O3. The number of amides is 1. The summed E-state index contributed by atoms with van der Waals surface area (Å²) >= 11 is 0. The number of aromatic hydroxyl groups is 1. The summed E-state index contributed by atoms with van der Waals surface area (Å²) in [5, 5.41) is 21.6. The first kappa shape index (κ1) is 22.6. The lowest BCUT2D eigenvalue weighted by atomic mass is 10.0. The van der Waals surface area contributed by atoms with E-state index in [0.29, 0.717) is 24.2 Å². The summed E-state index contributed by atoms with van der Waals surface area (Å²) in [4.78, 5) is 24.0. The second-order valence-electron chi connectivity index (χ2n) is 7.27. The van der Waals surface area contributed by atoms with Gasteiger partial charge in [0.25, 0.3) is 0 Å². The molecule has 1 aliphatic carbocycles. The van der Waals surface area contributed by atoms with Crippen LogP contribution in [0.4, 0.5) is 5.69 Å². The first-order valence-corrected chi connectivity index (χ1v) is 10.3. The van der Waals surface area contributed by atoms with Gasteiger partial charge in [-0.15, -0.1) is 0 Å². The Hall–Kier alpha value is -4.06. The van der Waals surface area contributed by atoms with Gasteiger partial charge in [0, 0.05) is 12.1 Å². The standard InChI is InChI=1S/C26H25N3O3/c1-3-25(31)27-15-14-19-10-7-11-21(16-18(19)2)28-29-22-12-13-24(30)23(17-22)26(32)20-8-5-4-6-9-20/h3-13,16-17,21,30H,1,14-15H2,2H3,(H,27,31). The van der Waals surface area contributed by atoms with Crippen molar-refractivity contribution in [3.63, 3.8) is 0 Å². The van der Waals surface area contributed by atoms with Gasteiger partial charge in [-0.3, -0.25) is 9.59 Å². The Balaban J connectivity index is 1.71. The maximum absolute atomic E-state index is 12.7. The molecule has 0 fully saturated rings. The van der Waals surface area contributed by atoms with Gasteiger partial charge in [-0.2, -0.15) is 10.2 Å². The number of nitrogens with zero attached hydrogens (tertiary/aromatic N) is 2. The van der Waals surface area contributed by atoms with Crippen LogP contribution in [0.15, 0.2) is 107 Å². The third-order valence-corrected chi connectivity index (χ3v) is 4.98. The zero-order chi connectivity index (χ0) is 22.9. The summed E-state index contributed by atoms with van der Waals surface area (Å²) in [6.45, 7) is 5.96. The van der Waals surface area contributed by atoms with Crippen molar-refractivity contribution in [3.8, 4) is 5.75 Å². The Morgan fingerprint density at radius 1 is 1.19 bits per heavy atom. The van der Waals surface area contributed by atoms with Crippen molar-refractivity contribution in [1.82, 2.24) is 5.32 Å². The highest BCUT2D eigenvalue weighted by Gasteiger charge is 2.14. The van der Waals surface area contributed by atoms with Crippen LogP contribution in [0.1, 0.15) is 29.3 Å². The first-order valence-electron chi connectivity index (χ1n) is 10.3. The molecule has 1 atom stereocenters. The molecule has 1 aliphatic rings. The number of allylic oxidation sites excluding steroid dienone is 3. The lowest BCUT2D eigenvalue weighted by molar-refractivity contribution is -0.116. The number of phenols is 1. The monoisotopic (exact) mass is 427 g/mol. The van der Waals surface area contributed by atoms with E-state index in [1.807, 2.05) is 37.3 Å². The Morgan fingerprint density at radius 2 is 1.97 bits per heavy atom. The van der Waals surface area contributed by atoms with Crippen molar-refractivity contribution >= 4 is 17.4 Å². The summed E-state index contributed by atoms with van der Waals surface area (Å²) < 4.78 is 0. The van der Waals surface area contributed by atoms with Crippen LogP contribution in [0.3, 0.4) is 0 Å². The number of hydrogen-bond acceptors (Lipinski definition) is 5. The average Bonchev–Trinajstić information content (AvgIpc) is 2.99. The van der Waals surface area contributed by atoms with Gasteiger partial charge >= 0.3 is 0 Å². The van der Waals surface area contributed by atoms with Crippen LogP contribution in [0.25, 0.3) is 0 Å². The molecule has 0 bridgehead atoms. The minimum Gasteiger partial charge on any atom is -0.507 e. The SMILES string of the molecule is C=CC(=O)NCCC1=CC=CC(N=Nc2ccc(O)c(C(=O)c3ccccc3)c2)C=C1C. The van der Waals surface area contributed by atoms with Crippen molar-refractivity contribution in [2.75, 3.05) is 6.54 Å². The lowest BCUT2D eigenvalue weighted by Gasteiger charge is -2.08. The lowest BCUT2D eigenvalue weighted by Crippen LogP contribution is -2.22. The highest BCUT2D eigenvalue weighted by Crippen LogP contribution is 2.27. The highest BCUT2D eigenvalue weighted by molar-refractivity contribution is 6.11. The largest absolute Gasteiger partial charge is 0.507 e. The second kappa shape index (κ2) is 10.8. The van der Waals surface area contributed by atoms with Crippen molar-refractivity contribution in [1.29, 1.82) is 0 Å². The van der Waals surface area contributed by atoms with Crippen LogP contribution < -0.4 is 5.32 Å². The molecule has 32 heavy (non-hydrogen) atoms. The summed E-state index contributed by atoms with van der Waals surface area (Å²) in [6.07, 6.45) is 9.77. The summed E-state index contributed by atoms with van der Waals surface area (Å²) in [6, 6.07) is 13.1. The van der Waals surface area contributed by atoms with Gasteiger partial charge in [0.1, 0.15) is 11.8 Å². The van der Waals surface area contributed by atoms with Crippen molar-refractivity contribution in [2.45, 2.75) is 19.4 Å². The van der Waals surface area contributed by atoms with Gasteiger partial charge in [-0.05, 0) is 48.8 Å². The molecule has 1 amide bonds. The van der Waals surface area contributed by atoms with E-state index >= 15 is 0 Å². The van der Waals surface area contributed by atoms with E-state index in [1.165, 1.54) is 18.2 Å². The quantitative estimate of drug-likeness (QED) is 0.344. The van der Waals surface area contributed by atoms with Crippen LogP contribution in [0, 0.1) is 0 Å². The predicted octanol–water partition coefficient (Wildman–Crippen LogP) is 5.21. The van der Waals surface area contributed by atoms with E-state index in [9.17, 15) is 14.7 Å². The molecule has 3 rings (SSSR count). The molecule has 0 spiro atoms. The number of rotatable bonds is 8. The molecule has 2 aromatic carbocycles. The third kappa shape index (κ3) is 5.98. The van der Waals surface area contributed by atoms with Crippen molar-refractivity contribution in [2.24, 2.45) is 10.2 Å². The number of phenolic OH excluding ortho intramolecular Hbond substituents is 1. The molecule has 2 N–H and O–H groups in total. The van der Waals surface area contributed by atoms with Gasteiger partial charge in [-0.1, -0.05) is 61.2 Å². The van der Waals surface area contributed by atoms with Gasteiger partial charge in [0.15, 0.2) is 5.78 Å². The third-order valence-electron chi connectivity index (χ3n) is 4.98. The molecule has 0 heterocycles. The smallest absolute Gasteiger partial charge is 0.243 e. The van der Waals surface area contributed by atoms with Crippen molar-refractivity contribution < 1.29 is 14.7 Å². The number of azo groups is 1. The van der Waals surface area contributed by atoms with Crippen LogP contribution in [0.2, 0.25) is 0 Å². The highest BCUT2D eigenvalue weighted by atomic mass is 16.3. The molecule has 0 aromatic heterocycles. The van der Waals surface area contributed by atoms with Gasteiger partial charge < -0.3 is 10.4 Å². The zero-order valence-electron chi connectivity index (χ0n) is 17.9. The number of hydrogen-bond donors (Lipinski definition) is 2. The Labute approximate surface area is 187 Å². The van der Waals surface area contributed by atoms with E-state index in [0.717, 1.165) is 11.1 Å². The molecule has 6 heteroatoms. The molecule has 1 unspecified atom stereocenters. The van der Waals surface area contributed by atoms with E-state index in [4.69, 9.17) is 0 Å². The molecular weight excluding hydrogens is 402 g/mol. The molecule has 0 aliphatic heterocycles. The predicted molar refractivity (Wildman–Crippen MR) is 125 cm³/mol. The molecule has 2 aromatic rings. The van der Waals surface area contributed by atoms with E-state index in [1.54, 1.807) is 30.3 Å². The number of benzene rings is 2. The number of carbonyl (C=O) groups is 2. The average molecular weight is 428 g/mol. The van der Waals surface area contributed by atoms with Crippen LogP contribution in [-0.4, -0.2) is 29.4 Å². The van der Waals surface area contributed by atoms with Crippen LogP contribution in [-0.2, 0) is 4.79 Å². The molecule has 6 nitrogen and oxygen atoms in total. The Bertz CT molecular complexity index is 1130. The van der Waals surface area contributed by atoms with Crippen LogP contribution >= 0.6 is 0 Å². The topological polar surface area (TPSA) is 91.1 Å². The van der Waals surface area contributed by atoms with Crippen molar-refractivity contribution in [3.05, 3.63) is 108 Å². The number of ketones is 1. The number of carbonyl (C=O) groups excluding carboxylic acids is 2.